The molecule has 3 aromatic rings. The molecular formula is C15H10BrNO. The van der Waals surface area contributed by atoms with E-state index in [0.717, 1.165) is 26.0 Å². The molecule has 0 fully saturated rings. The van der Waals surface area contributed by atoms with Gasteiger partial charge in [0, 0.05) is 4.47 Å². The summed E-state index contributed by atoms with van der Waals surface area (Å²) in [4.78, 5) is 11.6. The van der Waals surface area contributed by atoms with Crippen LogP contribution in [-0.4, -0.2) is 5.91 Å². The molecule has 0 aliphatic heterocycles. The Morgan fingerprint density at radius 2 is 1.61 bits per heavy atom. The number of hydrogen-bond donors (Lipinski definition) is 1. The minimum atomic E-state index is -0.414. The molecule has 88 valence electrons. The minimum absolute atomic E-state index is 0.414. The van der Waals surface area contributed by atoms with E-state index in [4.69, 9.17) is 5.73 Å². The van der Waals surface area contributed by atoms with Crippen molar-refractivity contribution in [3.63, 3.8) is 0 Å². The third-order valence-electron chi connectivity index (χ3n) is 3.08. The highest BCUT2D eigenvalue weighted by molar-refractivity contribution is 9.10. The number of primary amides is 1. The maximum absolute atomic E-state index is 11.6. The molecule has 3 heteroatoms. The SMILES string of the molecule is NC(=O)c1c(Br)ccc2cc3ccccc3cc12. The van der Waals surface area contributed by atoms with Crippen LogP contribution < -0.4 is 5.73 Å². The van der Waals surface area contributed by atoms with E-state index in [-0.39, 0.29) is 0 Å². The highest BCUT2D eigenvalue weighted by Crippen LogP contribution is 2.29. The zero-order valence-corrected chi connectivity index (χ0v) is 11.1. The molecular weight excluding hydrogens is 290 g/mol. The van der Waals surface area contributed by atoms with Crippen molar-refractivity contribution in [2.45, 2.75) is 0 Å². The highest BCUT2D eigenvalue weighted by atomic mass is 79.9. The smallest absolute Gasteiger partial charge is 0.250 e. The molecule has 0 saturated carbocycles. The number of amides is 1. The molecule has 2 nitrogen and oxygen atoms in total. The first-order chi connectivity index (χ1) is 8.66. The Bertz CT molecular complexity index is 780. The molecule has 3 aromatic carbocycles. The summed E-state index contributed by atoms with van der Waals surface area (Å²) < 4.78 is 0.734. The van der Waals surface area contributed by atoms with Crippen molar-refractivity contribution >= 4 is 43.4 Å². The predicted octanol–water partition coefficient (Wildman–Crippen LogP) is 3.85. The van der Waals surface area contributed by atoms with Gasteiger partial charge < -0.3 is 5.73 Å². The van der Waals surface area contributed by atoms with Crippen LogP contribution in [0.15, 0.2) is 53.0 Å². The summed E-state index contributed by atoms with van der Waals surface area (Å²) in [6, 6.07) is 16.0. The van der Waals surface area contributed by atoms with Gasteiger partial charge >= 0.3 is 0 Å². The topological polar surface area (TPSA) is 43.1 Å². The number of hydrogen-bond acceptors (Lipinski definition) is 1. The van der Waals surface area contributed by atoms with Gasteiger partial charge in [0.2, 0.25) is 5.91 Å². The summed E-state index contributed by atoms with van der Waals surface area (Å²) >= 11 is 3.38. The third-order valence-corrected chi connectivity index (χ3v) is 3.74. The molecule has 0 radical (unpaired) electrons. The van der Waals surface area contributed by atoms with E-state index >= 15 is 0 Å². The zero-order valence-electron chi connectivity index (χ0n) is 9.48. The van der Waals surface area contributed by atoms with Crippen molar-refractivity contribution in [3.8, 4) is 0 Å². The number of fused-ring (bicyclic) bond motifs is 2. The van der Waals surface area contributed by atoms with Gasteiger partial charge in [0.15, 0.2) is 0 Å². The van der Waals surface area contributed by atoms with E-state index in [0.29, 0.717) is 5.56 Å². The monoisotopic (exact) mass is 299 g/mol. The lowest BCUT2D eigenvalue weighted by atomic mass is 9.99. The maximum Gasteiger partial charge on any atom is 0.250 e. The first kappa shape index (κ1) is 11.2. The molecule has 0 spiro atoms. The average molecular weight is 300 g/mol. The molecule has 0 atom stereocenters. The highest BCUT2D eigenvalue weighted by Gasteiger charge is 2.11. The number of benzene rings is 3. The molecule has 0 unspecified atom stereocenters. The first-order valence-corrected chi connectivity index (χ1v) is 6.37. The van der Waals surface area contributed by atoms with Crippen molar-refractivity contribution in [1.82, 2.24) is 0 Å². The van der Waals surface area contributed by atoms with Gasteiger partial charge in [0.05, 0.1) is 5.56 Å². The number of rotatable bonds is 1. The Balaban J connectivity index is 2.50. The number of carbonyl (C=O) groups is 1. The van der Waals surface area contributed by atoms with Crippen molar-refractivity contribution < 1.29 is 4.79 Å². The van der Waals surface area contributed by atoms with E-state index < -0.39 is 5.91 Å². The van der Waals surface area contributed by atoms with Crippen LogP contribution in [0.3, 0.4) is 0 Å². The van der Waals surface area contributed by atoms with E-state index in [9.17, 15) is 4.79 Å². The van der Waals surface area contributed by atoms with Crippen LogP contribution in [0.25, 0.3) is 21.5 Å². The molecule has 2 N–H and O–H groups in total. The lowest BCUT2D eigenvalue weighted by Crippen LogP contribution is -2.12. The molecule has 3 rings (SSSR count). The second kappa shape index (κ2) is 4.10. The van der Waals surface area contributed by atoms with Crippen LogP contribution in [0, 0.1) is 0 Å². The van der Waals surface area contributed by atoms with Crippen molar-refractivity contribution in [2.24, 2.45) is 5.73 Å². The van der Waals surface area contributed by atoms with E-state index in [1.807, 2.05) is 36.4 Å². The number of carbonyl (C=O) groups excluding carboxylic acids is 1. The van der Waals surface area contributed by atoms with Crippen molar-refractivity contribution in [3.05, 3.63) is 58.6 Å². The first-order valence-electron chi connectivity index (χ1n) is 5.57. The number of halogens is 1. The maximum atomic E-state index is 11.6. The summed E-state index contributed by atoms with van der Waals surface area (Å²) in [5.41, 5.74) is 6.00. The lowest BCUT2D eigenvalue weighted by molar-refractivity contribution is 0.100. The van der Waals surface area contributed by atoms with E-state index in [1.165, 1.54) is 0 Å². The van der Waals surface area contributed by atoms with Crippen molar-refractivity contribution in [2.75, 3.05) is 0 Å². The van der Waals surface area contributed by atoms with E-state index in [2.05, 4.69) is 28.1 Å². The Hall–Kier alpha value is -1.87. The molecule has 0 heterocycles. The molecule has 0 aliphatic rings. The largest absolute Gasteiger partial charge is 0.366 e. The molecule has 0 bridgehead atoms. The van der Waals surface area contributed by atoms with Crippen molar-refractivity contribution in [1.29, 1.82) is 0 Å². The van der Waals surface area contributed by atoms with Gasteiger partial charge in [-0.05, 0) is 55.7 Å². The summed E-state index contributed by atoms with van der Waals surface area (Å²) in [5.74, 6) is -0.414. The fourth-order valence-electron chi connectivity index (χ4n) is 2.24. The van der Waals surface area contributed by atoms with Gasteiger partial charge in [-0.3, -0.25) is 4.79 Å². The van der Waals surface area contributed by atoms with Crippen LogP contribution in [0.2, 0.25) is 0 Å². The Morgan fingerprint density at radius 3 is 2.28 bits per heavy atom. The Kier molecular flexibility index (Phi) is 2.56. The fourth-order valence-corrected chi connectivity index (χ4v) is 2.78. The summed E-state index contributed by atoms with van der Waals surface area (Å²) in [5, 5.41) is 4.16. The average Bonchev–Trinajstić information content (AvgIpc) is 2.36. The summed E-state index contributed by atoms with van der Waals surface area (Å²) in [6.45, 7) is 0. The molecule has 0 aromatic heterocycles. The van der Waals surface area contributed by atoms with Crippen LogP contribution in [-0.2, 0) is 0 Å². The zero-order chi connectivity index (χ0) is 12.7. The second-order valence-corrected chi connectivity index (χ2v) is 5.06. The summed E-state index contributed by atoms with van der Waals surface area (Å²) in [7, 11) is 0. The number of nitrogens with two attached hydrogens (primary N) is 1. The van der Waals surface area contributed by atoms with Gasteiger partial charge in [0.1, 0.15) is 0 Å². The third kappa shape index (κ3) is 1.68. The molecule has 18 heavy (non-hydrogen) atoms. The lowest BCUT2D eigenvalue weighted by Gasteiger charge is -2.07. The Morgan fingerprint density at radius 1 is 0.944 bits per heavy atom. The van der Waals surface area contributed by atoms with Crippen LogP contribution in [0.4, 0.5) is 0 Å². The molecule has 1 amide bonds. The second-order valence-electron chi connectivity index (χ2n) is 4.21. The van der Waals surface area contributed by atoms with Gasteiger partial charge in [-0.25, -0.2) is 0 Å². The van der Waals surface area contributed by atoms with Gasteiger partial charge in [-0.1, -0.05) is 30.3 Å². The molecule has 0 aliphatic carbocycles. The van der Waals surface area contributed by atoms with Gasteiger partial charge in [-0.2, -0.15) is 0 Å². The van der Waals surface area contributed by atoms with Gasteiger partial charge in [0.25, 0.3) is 0 Å². The molecule has 0 saturated heterocycles. The fraction of sp³-hybridized carbons (Fsp3) is 0. The normalized spacial score (nSPS) is 10.9. The predicted molar refractivity (Wildman–Crippen MR) is 77.7 cm³/mol. The standard InChI is InChI=1S/C15H10BrNO/c16-13-6-5-11-7-9-3-1-2-4-10(9)8-12(11)14(13)15(17)18/h1-8H,(H2,17,18). The van der Waals surface area contributed by atoms with Gasteiger partial charge in [-0.15, -0.1) is 0 Å². The quantitative estimate of drug-likeness (QED) is 0.681. The van der Waals surface area contributed by atoms with E-state index in [1.54, 1.807) is 0 Å². The van der Waals surface area contributed by atoms with Crippen LogP contribution >= 0.6 is 15.9 Å². The Labute approximate surface area is 113 Å². The van der Waals surface area contributed by atoms with Crippen LogP contribution in [0.1, 0.15) is 10.4 Å². The van der Waals surface area contributed by atoms with Crippen LogP contribution in [0.5, 0.6) is 0 Å². The summed E-state index contributed by atoms with van der Waals surface area (Å²) in [6.07, 6.45) is 0. The minimum Gasteiger partial charge on any atom is -0.366 e.